The molecular formula is C7H13IN-. The zero-order valence-electron chi connectivity index (χ0n) is 5.97. The van der Waals surface area contributed by atoms with Crippen molar-refractivity contribution < 1.29 is 21.5 Å². The van der Waals surface area contributed by atoms with Gasteiger partial charge in [0, 0.05) is 0 Å². The first kappa shape index (κ1) is 6.40. The van der Waals surface area contributed by atoms with Gasteiger partial charge in [-0.05, 0) is 0 Å². The van der Waals surface area contributed by atoms with E-state index in [1.165, 1.54) is 6.42 Å². The van der Waals surface area contributed by atoms with Crippen molar-refractivity contribution in [2.75, 3.05) is 11.5 Å². The molecule has 2 bridgehead atoms. The van der Waals surface area contributed by atoms with Gasteiger partial charge in [0.05, 0.1) is 0 Å². The van der Waals surface area contributed by atoms with Crippen LogP contribution < -0.4 is 21.5 Å². The summed E-state index contributed by atoms with van der Waals surface area (Å²) in [7, 11) is 2.31. The quantitative estimate of drug-likeness (QED) is 0.267. The first-order valence-electron chi connectivity index (χ1n) is 3.61. The maximum absolute atomic E-state index is 2.63. The number of alkyl halides is 1. The second-order valence-corrected chi connectivity index (χ2v) is 6.31. The number of fused-ring (bicyclic) bond motifs is 2. The first-order valence-corrected chi connectivity index (χ1v) is 6.10. The molecule has 3 atom stereocenters. The minimum atomic E-state index is 0.468. The Morgan fingerprint density at radius 3 is 2.67 bits per heavy atom. The Morgan fingerprint density at radius 2 is 2.33 bits per heavy atom. The molecule has 54 valence electrons. The van der Waals surface area contributed by atoms with Gasteiger partial charge in [-0.2, -0.15) is 0 Å². The van der Waals surface area contributed by atoms with Gasteiger partial charge in [0.25, 0.3) is 0 Å². The minimum absolute atomic E-state index is 0.468. The third-order valence-electron chi connectivity index (χ3n) is 2.81. The van der Waals surface area contributed by atoms with Gasteiger partial charge in [0.1, 0.15) is 0 Å². The van der Waals surface area contributed by atoms with E-state index in [2.05, 4.69) is 17.1 Å². The van der Waals surface area contributed by atoms with Crippen LogP contribution in [0.1, 0.15) is 13.3 Å². The Kier molecular flexibility index (Phi) is 1.49. The van der Waals surface area contributed by atoms with Crippen LogP contribution >= 0.6 is 0 Å². The number of nitrogens with zero attached hydrogens (tertiary/aromatic N) is 1. The van der Waals surface area contributed by atoms with Crippen molar-refractivity contribution >= 4 is 0 Å². The molecule has 2 heterocycles. The molecule has 0 aromatic heterocycles. The van der Waals surface area contributed by atoms with E-state index >= 15 is 0 Å². The average Bonchev–Trinajstić information content (AvgIpc) is 1.86. The van der Waals surface area contributed by atoms with Gasteiger partial charge >= 0.3 is 67.3 Å². The molecule has 0 aromatic rings. The van der Waals surface area contributed by atoms with Crippen molar-refractivity contribution in [3.8, 4) is 0 Å². The summed E-state index contributed by atoms with van der Waals surface area (Å²) in [5, 5.41) is 0. The van der Waals surface area contributed by atoms with Gasteiger partial charge < -0.3 is 0 Å². The molecule has 2 saturated heterocycles. The van der Waals surface area contributed by atoms with Gasteiger partial charge in [0.2, 0.25) is 0 Å². The Bertz CT molecular complexity index is 120. The second-order valence-electron chi connectivity index (χ2n) is 3.22. The predicted octanol–water partition coefficient (Wildman–Crippen LogP) is -2.04. The molecule has 3 aliphatic rings. The first-order chi connectivity index (χ1) is 4.29. The maximum atomic E-state index is 2.63. The second kappa shape index (κ2) is 2.09. The van der Waals surface area contributed by atoms with E-state index in [1.54, 1.807) is 4.43 Å². The van der Waals surface area contributed by atoms with E-state index < -0.39 is 0 Å². The summed E-state index contributed by atoms with van der Waals surface area (Å²) in [4.78, 5) is 0. The zero-order chi connectivity index (χ0) is 6.43. The van der Waals surface area contributed by atoms with Crippen LogP contribution in [0.5, 0.6) is 0 Å². The SMILES string of the molecule is CC1C2C[I-]N(C)C1C2. The number of rotatable bonds is 0. The van der Waals surface area contributed by atoms with Gasteiger partial charge in [-0.3, -0.25) is 0 Å². The van der Waals surface area contributed by atoms with E-state index in [1.807, 2.05) is 0 Å². The van der Waals surface area contributed by atoms with Crippen LogP contribution in [0.3, 0.4) is 0 Å². The fourth-order valence-corrected chi connectivity index (χ4v) is 5.35. The summed E-state index contributed by atoms with van der Waals surface area (Å²) in [6.07, 6.45) is 1.51. The summed E-state index contributed by atoms with van der Waals surface area (Å²) in [6, 6.07) is 0.997. The molecule has 1 saturated carbocycles. The third kappa shape index (κ3) is 0.827. The van der Waals surface area contributed by atoms with Crippen molar-refractivity contribution in [1.29, 1.82) is 0 Å². The molecule has 0 amide bonds. The monoisotopic (exact) mass is 238 g/mol. The van der Waals surface area contributed by atoms with Crippen LogP contribution in [0, 0.1) is 11.8 Å². The van der Waals surface area contributed by atoms with Crippen LogP contribution in [0.2, 0.25) is 0 Å². The van der Waals surface area contributed by atoms with Gasteiger partial charge in [-0.15, -0.1) is 0 Å². The molecule has 0 spiro atoms. The average molecular weight is 238 g/mol. The Labute approximate surface area is 67.4 Å². The molecule has 3 unspecified atom stereocenters. The predicted molar refractivity (Wildman–Crippen MR) is 33.7 cm³/mol. The molecular weight excluding hydrogens is 225 g/mol. The molecule has 2 aliphatic heterocycles. The van der Waals surface area contributed by atoms with Crippen LogP contribution in [-0.2, 0) is 0 Å². The summed E-state index contributed by atoms with van der Waals surface area (Å²) < 4.78 is 4.19. The number of hydrogen-bond donors (Lipinski definition) is 0. The van der Waals surface area contributed by atoms with E-state index in [0.29, 0.717) is 21.5 Å². The molecule has 0 aromatic carbocycles. The molecule has 2 heteroatoms. The molecule has 9 heavy (non-hydrogen) atoms. The van der Waals surface area contributed by atoms with Crippen molar-refractivity contribution in [1.82, 2.24) is 3.11 Å². The van der Waals surface area contributed by atoms with E-state index in [-0.39, 0.29) is 0 Å². The third-order valence-corrected chi connectivity index (χ3v) is 6.12. The standard InChI is InChI=1S/C7H13IN/c1-5-6-3-7(5)9(2)8-4-6/h5-7H,3-4H2,1-2H3/q-1. The topological polar surface area (TPSA) is 3.24 Å². The van der Waals surface area contributed by atoms with E-state index in [0.717, 1.165) is 17.9 Å². The fourth-order valence-electron chi connectivity index (χ4n) is 1.82. The van der Waals surface area contributed by atoms with Gasteiger partial charge in [-0.1, -0.05) is 0 Å². The Hall–Kier alpha value is 0.690. The fraction of sp³-hybridized carbons (Fsp3) is 1.00. The molecule has 0 N–H and O–H groups in total. The number of halogens is 1. The summed E-state index contributed by atoms with van der Waals surface area (Å²) in [5.74, 6) is 2.17. The zero-order valence-corrected chi connectivity index (χ0v) is 8.13. The van der Waals surface area contributed by atoms with Crippen LogP contribution in [-0.4, -0.2) is 20.6 Å². The van der Waals surface area contributed by atoms with Crippen molar-refractivity contribution in [2.24, 2.45) is 11.8 Å². The molecule has 0 radical (unpaired) electrons. The Morgan fingerprint density at radius 1 is 1.56 bits per heavy atom. The van der Waals surface area contributed by atoms with Crippen LogP contribution in [0.15, 0.2) is 0 Å². The van der Waals surface area contributed by atoms with E-state index in [4.69, 9.17) is 0 Å². The van der Waals surface area contributed by atoms with Gasteiger partial charge in [0.15, 0.2) is 0 Å². The van der Waals surface area contributed by atoms with Gasteiger partial charge in [-0.25, -0.2) is 0 Å². The van der Waals surface area contributed by atoms with Crippen molar-refractivity contribution in [3.63, 3.8) is 0 Å². The summed E-state index contributed by atoms with van der Waals surface area (Å²) in [5.41, 5.74) is 0. The number of hydrogen-bond acceptors (Lipinski definition) is 1. The normalized spacial score (nSPS) is 51.6. The summed E-state index contributed by atoms with van der Waals surface area (Å²) in [6.45, 7) is 2.41. The molecule has 3 rings (SSSR count). The molecule has 1 aliphatic carbocycles. The van der Waals surface area contributed by atoms with Crippen molar-refractivity contribution in [3.05, 3.63) is 0 Å². The van der Waals surface area contributed by atoms with Crippen LogP contribution in [0.25, 0.3) is 0 Å². The molecule has 3 fully saturated rings. The van der Waals surface area contributed by atoms with E-state index in [9.17, 15) is 0 Å². The molecule has 1 nitrogen and oxygen atoms in total. The summed E-state index contributed by atoms with van der Waals surface area (Å²) >= 11 is 0.468. The van der Waals surface area contributed by atoms with Crippen LogP contribution in [0.4, 0.5) is 0 Å². The Balaban J connectivity index is 2.06. The van der Waals surface area contributed by atoms with Crippen molar-refractivity contribution in [2.45, 2.75) is 19.4 Å².